The van der Waals surface area contributed by atoms with E-state index < -0.39 is 0 Å². The molecule has 0 radical (unpaired) electrons. The van der Waals surface area contributed by atoms with Gasteiger partial charge in [-0.3, -0.25) is 0 Å². The van der Waals surface area contributed by atoms with Gasteiger partial charge in [-0.1, -0.05) is 28.4 Å². The molecule has 5 nitrogen and oxygen atoms in total. The van der Waals surface area contributed by atoms with Crippen LogP contribution in [0.3, 0.4) is 0 Å². The molecule has 0 atom stereocenters. The summed E-state index contributed by atoms with van der Waals surface area (Å²) in [5, 5.41) is 4.79. The normalized spacial score (nSPS) is 10.9. The van der Waals surface area contributed by atoms with Crippen LogP contribution in [0, 0.1) is 0 Å². The summed E-state index contributed by atoms with van der Waals surface area (Å²) in [7, 11) is 0. The highest BCUT2D eigenvalue weighted by molar-refractivity contribution is 6.42. The predicted molar refractivity (Wildman–Crippen MR) is 75.3 cm³/mol. The van der Waals surface area contributed by atoms with Gasteiger partial charge in [0.1, 0.15) is 5.76 Å². The first kappa shape index (κ1) is 13.2. The van der Waals surface area contributed by atoms with E-state index in [0.717, 1.165) is 0 Å². The highest BCUT2D eigenvalue weighted by atomic mass is 35.5. The Bertz CT molecular complexity index is 752. The SMILES string of the molecule is NCc1ccc(-c2nc(-c3ccc(Cl)c(Cl)c3)no2)o1. The fourth-order valence-corrected chi connectivity index (χ4v) is 1.98. The Balaban J connectivity index is 1.95. The summed E-state index contributed by atoms with van der Waals surface area (Å²) in [6.45, 7) is 0.313. The van der Waals surface area contributed by atoms with Crippen LogP contribution >= 0.6 is 23.2 Å². The number of aromatic nitrogens is 2. The van der Waals surface area contributed by atoms with E-state index in [4.69, 9.17) is 37.9 Å². The summed E-state index contributed by atoms with van der Waals surface area (Å²) in [5.41, 5.74) is 6.19. The van der Waals surface area contributed by atoms with Gasteiger partial charge < -0.3 is 14.7 Å². The fourth-order valence-electron chi connectivity index (χ4n) is 1.68. The second-order valence-electron chi connectivity index (χ2n) is 4.02. The van der Waals surface area contributed by atoms with E-state index in [-0.39, 0.29) is 5.89 Å². The van der Waals surface area contributed by atoms with Crippen molar-refractivity contribution in [2.24, 2.45) is 5.73 Å². The first-order valence-corrected chi connectivity index (χ1v) is 6.51. The zero-order valence-corrected chi connectivity index (χ0v) is 11.6. The van der Waals surface area contributed by atoms with Crippen LogP contribution in [0.25, 0.3) is 23.0 Å². The molecule has 102 valence electrons. The Hall–Kier alpha value is -1.82. The molecule has 0 fully saturated rings. The van der Waals surface area contributed by atoms with Gasteiger partial charge in [0.2, 0.25) is 5.82 Å². The number of benzene rings is 1. The predicted octanol–water partition coefficient (Wildman–Crippen LogP) is 3.76. The molecule has 0 aliphatic carbocycles. The molecule has 0 spiro atoms. The van der Waals surface area contributed by atoms with Crippen LogP contribution in [0.4, 0.5) is 0 Å². The van der Waals surface area contributed by atoms with Crippen molar-refractivity contribution in [1.29, 1.82) is 0 Å². The lowest BCUT2D eigenvalue weighted by atomic mass is 10.2. The van der Waals surface area contributed by atoms with Crippen LogP contribution in [0.1, 0.15) is 5.76 Å². The van der Waals surface area contributed by atoms with Gasteiger partial charge in [-0.15, -0.1) is 0 Å². The third-order valence-electron chi connectivity index (χ3n) is 2.68. The number of furan rings is 1. The third-order valence-corrected chi connectivity index (χ3v) is 3.42. The summed E-state index contributed by atoms with van der Waals surface area (Å²) in [6.07, 6.45) is 0. The van der Waals surface area contributed by atoms with E-state index in [2.05, 4.69) is 10.1 Å². The molecule has 7 heteroatoms. The van der Waals surface area contributed by atoms with Gasteiger partial charge >= 0.3 is 0 Å². The molecule has 2 N–H and O–H groups in total. The van der Waals surface area contributed by atoms with E-state index in [0.29, 0.717) is 39.5 Å². The van der Waals surface area contributed by atoms with Gasteiger partial charge in [0.15, 0.2) is 5.76 Å². The number of nitrogens with two attached hydrogens (primary N) is 1. The lowest BCUT2D eigenvalue weighted by molar-refractivity contribution is 0.412. The van der Waals surface area contributed by atoms with Crippen LogP contribution < -0.4 is 5.73 Å². The summed E-state index contributed by atoms with van der Waals surface area (Å²) >= 11 is 11.8. The van der Waals surface area contributed by atoms with E-state index in [9.17, 15) is 0 Å². The molecular weight excluding hydrogens is 301 g/mol. The first-order chi connectivity index (χ1) is 9.67. The zero-order chi connectivity index (χ0) is 14.1. The molecule has 0 aliphatic heterocycles. The van der Waals surface area contributed by atoms with E-state index in [1.54, 1.807) is 30.3 Å². The molecule has 3 aromatic rings. The summed E-state index contributed by atoms with van der Waals surface area (Å²) in [5.74, 6) is 1.81. The molecule has 20 heavy (non-hydrogen) atoms. The second kappa shape index (κ2) is 5.28. The smallest absolute Gasteiger partial charge is 0.293 e. The summed E-state index contributed by atoms with van der Waals surface area (Å²) < 4.78 is 10.6. The van der Waals surface area contributed by atoms with Crippen molar-refractivity contribution in [3.63, 3.8) is 0 Å². The molecule has 0 unspecified atom stereocenters. The minimum absolute atomic E-state index is 0.283. The molecule has 0 aliphatic rings. The fraction of sp³-hybridized carbons (Fsp3) is 0.0769. The van der Waals surface area contributed by atoms with Crippen molar-refractivity contribution in [3.05, 3.63) is 46.1 Å². The summed E-state index contributed by atoms with van der Waals surface area (Å²) in [6, 6.07) is 8.60. The number of rotatable bonds is 3. The Morgan fingerprint density at radius 3 is 2.65 bits per heavy atom. The quantitative estimate of drug-likeness (QED) is 0.797. The zero-order valence-electron chi connectivity index (χ0n) is 10.1. The Morgan fingerprint density at radius 1 is 1.10 bits per heavy atom. The van der Waals surface area contributed by atoms with Gasteiger partial charge in [-0.2, -0.15) is 4.98 Å². The topological polar surface area (TPSA) is 78.1 Å². The van der Waals surface area contributed by atoms with Gasteiger partial charge in [0.05, 0.1) is 16.6 Å². The Morgan fingerprint density at radius 2 is 1.95 bits per heavy atom. The Labute approximate surface area is 124 Å². The van der Waals surface area contributed by atoms with Crippen LogP contribution in [-0.2, 0) is 6.54 Å². The Kier molecular flexibility index (Phi) is 3.48. The second-order valence-corrected chi connectivity index (χ2v) is 4.84. The molecular formula is C13H9Cl2N3O2. The van der Waals surface area contributed by atoms with E-state index >= 15 is 0 Å². The van der Waals surface area contributed by atoms with Crippen molar-refractivity contribution in [3.8, 4) is 23.0 Å². The largest absolute Gasteiger partial charge is 0.455 e. The maximum absolute atomic E-state index is 5.96. The minimum atomic E-state index is 0.283. The van der Waals surface area contributed by atoms with Crippen LogP contribution in [0.2, 0.25) is 10.0 Å². The number of hydrogen-bond donors (Lipinski definition) is 1. The molecule has 0 bridgehead atoms. The van der Waals surface area contributed by atoms with Crippen molar-refractivity contribution in [1.82, 2.24) is 10.1 Å². The van der Waals surface area contributed by atoms with Gasteiger partial charge in [-0.25, -0.2) is 0 Å². The maximum Gasteiger partial charge on any atom is 0.293 e. The van der Waals surface area contributed by atoms with Gasteiger partial charge in [-0.05, 0) is 30.3 Å². The first-order valence-electron chi connectivity index (χ1n) is 5.75. The minimum Gasteiger partial charge on any atom is -0.455 e. The maximum atomic E-state index is 5.96. The van der Waals surface area contributed by atoms with Crippen molar-refractivity contribution < 1.29 is 8.94 Å². The summed E-state index contributed by atoms with van der Waals surface area (Å²) in [4.78, 5) is 4.26. The highest BCUT2D eigenvalue weighted by Gasteiger charge is 2.14. The standard InChI is InChI=1S/C13H9Cl2N3O2/c14-9-3-1-7(5-10(9)15)12-17-13(20-18-12)11-4-2-8(6-16)19-11/h1-5H,6,16H2. The number of halogens is 2. The van der Waals surface area contributed by atoms with E-state index in [1.807, 2.05) is 0 Å². The molecule has 0 saturated carbocycles. The number of hydrogen-bond acceptors (Lipinski definition) is 5. The molecule has 0 saturated heterocycles. The molecule has 0 amide bonds. The van der Waals surface area contributed by atoms with E-state index in [1.165, 1.54) is 0 Å². The lowest BCUT2D eigenvalue weighted by Gasteiger charge is -1.97. The van der Waals surface area contributed by atoms with Crippen LogP contribution in [0.5, 0.6) is 0 Å². The average molecular weight is 310 g/mol. The monoisotopic (exact) mass is 309 g/mol. The lowest BCUT2D eigenvalue weighted by Crippen LogP contribution is -1.92. The molecule has 2 heterocycles. The molecule has 1 aromatic carbocycles. The van der Waals surface area contributed by atoms with Gasteiger partial charge in [0, 0.05) is 5.56 Å². The van der Waals surface area contributed by atoms with Gasteiger partial charge in [0.25, 0.3) is 5.89 Å². The van der Waals surface area contributed by atoms with Crippen LogP contribution in [0.15, 0.2) is 39.3 Å². The molecule has 3 rings (SSSR count). The van der Waals surface area contributed by atoms with Crippen LogP contribution in [-0.4, -0.2) is 10.1 Å². The average Bonchev–Trinajstić information content (AvgIpc) is 3.09. The van der Waals surface area contributed by atoms with Crippen molar-refractivity contribution in [2.75, 3.05) is 0 Å². The third kappa shape index (κ3) is 2.43. The highest BCUT2D eigenvalue weighted by Crippen LogP contribution is 2.28. The molecule has 2 aromatic heterocycles. The van der Waals surface area contributed by atoms with Crippen molar-refractivity contribution in [2.45, 2.75) is 6.54 Å². The van der Waals surface area contributed by atoms with Crippen molar-refractivity contribution >= 4 is 23.2 Å². The number of nitrogens with zero attached hydrogens (tertiary/aromatic N) is 2.